The molecule has 0 N–H and O–H groups in total. The smallest absolute Gasteiger partial charge is 0.617 e. The minimum Gasteiger partial charge on any atom is -0.617 e. The Balaban J connectivity index is 0. The molecule has 0 aliphatic rings. The summed E-state index contributed by atoms with van der Waals surface area (Å²) in [5.41, 5.74) is 0. The molecule has 0 saturated carbocycles. The maximum Gasteiger partial charge on any atom is 1.00 e. The Morgan fingerprint density at radius 2 is 1.38 bits per heavy atom. The van der Waals surface area contributed by atoms with Gasteiger partial charge in [-0.1, -0.05) is 33.6 Å². The van der Waals surface area contributed by atoms with E-state index < -0.39 is 0 Å². The van der Waals surface area contributed by atoms with Gasteiger partial charge in [0.05, 0.1) is 0 Å². The molecule has 0 aromatic carbocycles. The molecule has 0 aliphatic carbocycles. The number of rotatable bonds is 1. The fourth-order valence-corrected chi connectivity index (χ4v) is 0. The Morgan fingerprint density at radius 1 is 1.25 bits per heavy atom. The van der Waals surface area contributed by atoms with Crippen molar-refractivity contribution in [2.24, 2.45) is 5.92 Å². The van der Waals surface area contributed by atoms with Crippen molar-refractivity contribution in [3.8, 4) is 0 Å². The molecule has 0 fully saturated rings. The SMILES string of the molecule is [B-]C(C)(C)C(C)C.[K+]. The van der Waals surface area contributed by atoms with E-state index in [4.69, 9.17) is 7.85 Å². The first kappa shape index (κ1) is 12.4. The van der Waals surface area contributed by atoms with Gasteiger partial charge < -0.3 is 7.85 Å². The second-order valence-corrected chi connectivity index (χ2v) is 2.98. The zero-order valence-corrected chi connectivity index (χ0v) is 9.78. The van der Waals surface area contributed by atoms with Crippen molar-refractivity contribution in [2.45, 2.75) is 33.0 Å². The Bertz CT molecular complexity index is 54.0. The van der Waals surface area contributed by atoms with Gasteiger partial charge in [-0.25, -0.2) is 0 Å². The van der Waals surface area contributed by atoms with Crippen LogP contribution in [0.25, 0.3) is 0 Å². The van der Waals surface area contributed by atoms with Gasteiger partial charge in [0, 0.05) is 0 Å². The number of hydrogen-bond donors (Lipinski definition) is 0. The monoisotopic (exact) mass is 135 g/mol. The van der Waals surface area contributed by atoms with Gasteiger partial charge in [-0.05, 0) is 0 Å². The summed E-state index contributed by atoms with van der Waals surface area (Å²) in [6, 6.07) is 0. The third-order valence-corrected chi connectivity index (χ3v) is 1.49. The largest absolute Gasteiger partial charge is 1.00 e. The predicted octanol–water partition coefficient (Wildman–Crippen LogP) is -0.987. The van der Waals surface area contributed by atoms with Crippen LogP contribution in [0.1, 0.15) is 27.7 Å². The molecular formula is C6H13BK. The van der Waals surface area contributed by atoms with Crippen molar-refractivity contribution in [1.29, 1.82) is 0 Å². The van der Waals surface area contributed by atoms with Gasteiger partial charge in [0.25, 0.3) is 0 Å². The zero-order chi connectivity index (χ0) is 6.08. The van der Waals surface area contributed by atoms with E-state index >= 15 is 0 Å². The quantitative estimate of drug-likeness (QED) is 0.405. The van der Waals surface area contributed by atoms with Crippen LogP contribution in [-0.2, 0) is 0 Å². The minimum absolute atomic E-state index is 0. The molecule has 0 bridgehead atoms. The van der Waals surface area contributed by atoms with Crippen LogP contribution in [0.15, 0.2) is 0 Å². The summed E-state index contributed by atoms with van der Waals surface area (Å²) < 4.78 is 0. The number of hydrogen-bond acceptors (Lipinski definition) is 0. The van der Waals surface area contributed by atoms with E-state index in [1.165, 1.54) is 0 Å². The summed E-state index contributed by atoms with van der Waals surface area (Å²) in [4.78, 5) is 0. The van der Waals surface area contributed by atoms with Crippen LogP contribution in [-0.4, -0.2) is 7.85 Å². The maximum atomic E-state index is 5.68. The predicted molar refractivity (Wildman–Crippen MR) is 34.6 cm³/mol. The van der Waals surface area contributed by atoms with Gasteiger partial charge in [0.2, 0.25) is 0 Å². The van der Waals surface area contributed by atoms with Gasteiger partial charge in [-0.15, -0.1) is 0 Å². The average Bonchev–Trinajstić information content (AvgIpc) is 1.31. The molecule has 2 heteroatoms. The van der Waals surface area contributed by atoms with E-state index in [2.05, 4.69) is 13.8 Å². The molecule has 0 rings (SSSR count). The fraction of sp³-hybridized carbons (Fsp3) is 1.00. The Hall–Kier alpha value is 1.70. The van der Waals surface area contributed by atoms with E-state index in [9.17, 15) is 0 Å². The molecule has 0 atom stereocenters. The van der Waals surface area contributed by atoms with Gasteiger partial charge in [-0.2, -0.15) is 0 Å². The van der Waals surface area contributed by atoms with Crippen molar-refractivity contribution in [1.82, 2.24) is 0 Å². The second kappa shape index (κ2) is 4.51. The first-order valence-electron chi connectivity index (χ1n) is 2.73. The van der Waals surface area contributed by atoms with E-state index in [-0.39, 0.29) is 56.7 Å². The minimum atomic E-state index is 0. The Morgan fingerprint density at radius 3 is 1.38 bits per heavy atom. The van der Waals surface area contributed by atoms with Crippen LogP contribution in [0.4, 0.5) is 0 Å². The van der Waals surface area contributed by atoms with Crippen LogP contribution in [0.3, 0.4) is 0 Å². The molecule has 3 radical (unpaired) electrons. The Kier molecular flexibility index (Phi) is 6.98. The maximum absolute atomic E-state index is 5.68. The summed E-state index contributed by atoms with van der Waals surface area (Å²) in [6.45, 7) is 8.33. The molecule has 0 aromatic rings. The summed E-state index contributed by atoms with van der Waals surface area (Å²) in [6.07, 6.45) is 0. The summed E-state index contributed by atoms with van der Waals surface area (Å²) in [5.74, 6) is 0.576. The van der Waals surface area contributed by atoms with Crippen molar-refractivity contribution in [2.75, 3.05) is 0 Å². The van der Waals surface area contributed by atoms with E-state index in [1.54, 1.807) is 0 Å². The van der Waals surface area contributed by atoms with E-state index in [1.807, 2.05) is 13.8 Å². The molecule has 0 unspecified atom stereocenters. The molecule has 41 valence electrons. The van der Waals surface area contributed by atoms with Gasteiger partial charge in [-0.3, -0.25) is 5.31 Å². The Labute approximate surface area is 96.6 Å². The summed E-state index contributed by atoms with van der Waals surface area (Å²) >= 11 is 0. The molecule has 0 nitrogen and oxygen atoms in total. The topological polar surface area (TPSA) is 0 Å². The van der Waals surface area contributed by atoms with Crippen LogP contribution in [0.5, 0.6) is 0 Å². The normalized spacial score (nSPS) is 11.2. The molecule has 0 spiro atoms. The first-order valence-corrected chi connectivity index (χ1v) is 2.73. The van der Waals surface area contributed by atoms with Crippen molar-refractivity contribution < 1.29 is 51.4 Å². The molecule has 8 heavy (non-hydrogen) atoms. The molecule has 0 aromatic heterocycles. The third-order valence-electron chi connectivity index (χ3n) is 1.49. The standard InChI is InChI=1S/C6H13B.K/c1-5(2)6(3,4)7;/h5H,1-4H3;/q-1;+1. The van der Waals surface area contributed by atoms with Crippen LogP contribution < -0.4 is 51.4 Å². The van der Waals surface area contributed by atoms with Gasteiger partial charge >= 0.3 is 51.4 Å². The van der Waals surface area contributed by atoms with Gasteiger partial charge in [0.15, 0.2) is 0 Å². The molecular weight excluding hydrogens is 122 g/mol. The van der Waals surface area contributed by atoms with Crippen molar-refractivity contribution >= 4 is 7.85 Å². The van der Waals surface area contributed by atoms with Gasteiger partial charge in [0.1, 0.15) is 0 Å². The van der Waals surface area contributed by atoms with Crippen LogP contribution in [0, 0.1) is 5.92 Å². The second-order valence-electron chi connectivity index (χ2n) is 2.98. The summed E-state index contributed by atoms with van der Waals surface area (Å²) in [7, 11) is 5.68. The summed E-state index contributed by atoms with van der Waals surface area (Å²) in [5, 5.41) is 0.000000000000000222. The molecule has 0 amide bonds. The molecule has 0 saturated heterocycles. The van der Waals surface area contributed by atoms with Crippen LogP contribution in [0.2, 0.25) is 5.31 Å². The molecule has 0 aliphatic heterocycles. The van der Waals surface area contributed by atoms with Crippen molar-refractivity contribution in [3.63, 3.8) is 0 Å². The van der Waals surface area contributed by atoms with Crippen molar-refractivity contribution in [3.05, 3.63) is 0 Å². The average molecular weight is 135 g/mol. The van der Waals surface area contributed by atoms with E-state index in [0.717, 1.165) is 0 Å². The third kappa shape index (κ3) is 5.83. The molecule has 0 heterocycles. The fourth-order valence-electron chi connectivity index (χ4n) is 0. The zero-order valence-electron chi connectivity index (χ0n) is 6.65. The van der Waals surface area contributed by atoms with E-state index in [0.29, 0.717) is 5.92 Å². The first-order chi connectivity index (χ1) is 2.94. The van der Waals surface area contributed by atoms with Crippen LogP contribution >= 0.6 is 0 Å².